The SMILES string of the molecule is O=C(Nc1cc(Cl)cc(Cl)c1)c1cc(N2CCCCCC2)ccn1. The lowest BCUT2D eigenvalue weighted by atomic mass is 10.2. The number of carbonyl (C=O) groups is 1. The number of carbonyl (C=O) groups excluding carboxylic acids is 1. The standard InChI is InChI=1S/C18H19Cl2N3O/c19-13-9-14(20)11-15(10-13)22-18(24)17-12-16(5-6-21-17)23-7-3-1-2-4-8-23/h5-6,9-12H,1-4,7-8H2,(H,22,24). The van der Waals surface area contributed by atoms with Gasteiger partial charge >= 0.3 is 0 Å². The molecule has 1 saturated heterocycles. The van der Waals surface area contributed by atoms with Crippen LogP contribution in [0.3, 0.4) is 0 Å². The molecule has 1 aromatic heterocycles. The third kappa shape index (κ3) is 4.40. The molecule has 126 valence electrons. The molecule has 2 heterocycles. The summed E-state index contributed by atoms with van der Waals surface area (Å²) in [7, 11) is 0. The predicted octanol–water partition coefficient (Wildman–Crippen LogP) is 5.02. The van der Waals surface area contributed by atoms with E-state index in [-0.39, 0.29) is 5.91 Å². The monoisotopic (exact) mass is 363 g/mol. The highest BCUT2D eigenvalue weighted by Crippen LogP contribution is 2.24. The average Bonchev–Trinajstić information content (AvgIpc) is 2.83. The minimum atomic E-state index is -0.273. The largest absolute Gasteiger partial charge is 0.371 e. The van der Waals surface area contributed by atoms with E-state index in [1.807, 2.05) is 12.1 Å². The van der Waals surface area contributed by atoms with Gasteiger partial charge < -0.3 is 10.2 Å². The Bertz CT molecular complexity index is 708. The summed E-state index contributed by atoms with van der Waals surface area (Å²) in [6, 6.07) is 8.73. The van der Waals surface area contributed by atoms with E-state index in [4.69, 9.17) is 23.2 Å². The fourth-order valence-corrected chi connectivity index (χ4v) is 3.42. The lowest BCUT2D eigenvalue weighted by Crippen LogP contribution is -2.24. The quantitative estimate of drug-likeness (QED) is 0.832. The Kier molecular flexibility index (Phi) is 5.59. The maximum atomic E-state index is 12.5. The average molecular weight is 364 g/mol. The van der Waals surface area contributed by atoms with Gasteiger partial charge in [-0.15, -0.1) is 0 Å². The second-order valence-electron chi connectivity index (χ2n) is 5.91. The number of nitrogens with one attached hydrogen (secondary N) is 1. The van der Waals surface area contributed by atoms with Gasteiger partial charge in [-0.3, -0.25) is 9.78 Å². The Labute approximate surface area is 151 Å². The van der Waals surface area contributed by atoms with Gasteiger partial charge in [0.25, 0.3) is 5.91 Å². The molecule has 24 heavy (non-hydrogen) atoms. The molecular formula is C18H19Cl2N3O. The normalized spacial score (nSPS) is 15.0. The molecular weight excluding hydrogens is 345 g/mol. The number of amides is 1. The molecule has 1 aliphatic rings. The number of hydrogen-bond donors (Lipinski definition) is 1. The van der Waals surface area contributed by atoms with Crippen LogP contribution in [0, 0.1) is 0 Å². The summed E-state index contributed by atoms with van der Waals surface area (Å²) in [6.45, 7) is 2.05. The number of pyridine rings is 1. The summed E-state index contributed by atoms with van der Waals surface area (Å²) in [4.78, 5) is 19.0. The maximum absolute atomic E-state index is 12.5. The van der Waals surface area contributed by atoms with Crippen LogP contribution in [0.1, 0.15) is 36.2 Å². The molecule has 0 saturated carbocycles. The number of anilines is 2. The summed E-state index contributed by atoms with van der Waals surface area (Å²) in [5.41, 5.74) is 1.98. The fraction of sp³-hybridized carbons (Fsp3) is 0.333. The molecule has 3 rings (SSSR count). The van der Waals surface area contributed by atoms with E-state index in [1.165, 1.54) is 25.7 Å². The Morgan fingerprint density at radius 3 is 2.33 bits per heavy atom. The van der Waals surface area contributed by atoms with Gasteiger partial charge in [-0.25, -0.2) is 0 Å². The molecule has 6 heteroatoms. The number of hydrogen-bond acceptors (Lipinski definition) is 3. The first-order valence-corrected chi connectivity index (χ1v) is 8.86. The van der Waals surface area contributed by atoms with E-state index in [0.717, 1.165) is 18.8 Å². The van der Waals surface area contributed by atoms with Gasteiger partial charge in [-0.1, -0.05) is 36.0 Å². The fourth-order valence-electron chi connectivity index (χ4n) is 2.89. The number of aromatic nitrogens is 1. The van der Waals surface area contributed by atoms with Gasteiger partial charge in [0.15, 0.2) is 0 Å². The maximum Gasteiger partial charge on any atom is 0.274 e. The van der Waals surface area contributed by atoms with Crippen molar-refractivity contribution in [1.29, 1.82) is 0 Å². The zero-order valence-electron chi connectivity index (χ0n) is 13.3. The van der Waals surface area contributed by atoms with Crippen molar-refractivity contribution in [3.63, 3.8) is 0 Å². The van der Waals surface area contributed by atoms with Gasteiger partial charge in [-0.2, -0.15) is 0 Å². The zero-order valence-corrected chi connectivity index (χ0v) is 14.8. The van der Waals surface area contributed by atoms with E-state index in [0.29, 0.717) is 21.4 Å². The van der Waals surface area contributed by atoms with Crippen molar-refractivity contribution in [3.05, 3.63) is 52.3 Å². The second kappa shape index (κ2) is 7.86. The Morgan fingerprint density at radius 1 is 1.00 bits per heavy atom. The van der Waals surface area contributed by atoms with E-state index < -0.39 is 0 Å². The Hall–Kier alpha value is -1.78. The van der Waals surface area contributed by atoms with Gasteiger partial charge in [0.2, 0.25) is 0 Å². The first kappa shape index (κ1) is 17.1. The number of nitrogens with zero attached hydrogens (tertiary/aromatic N) is 2. The third-order valence-electron chi connectivity index (χ3n) is 4.07. The number of benzene rings is 1. The van der Waals surface area contributed by atoms with E-state index in [9.17, 15) is 4.79 Å². The van der Waals surface area contributed by atoms with Crippen molar-refractivity contribution >= 4 is 40.5 Å². The van der Waals surface area contributed by atoms with E-state index >= 15 is 0 Å². The highest BCUT2D eigenvalue weighted by atomic mass is 35.5. The van der Waals surface area contributed by atoms with Gasteiger partial charge in [0, 0.05) is 40.7 Å². The zero-order chi connectivity index (χ0) is 16.9. The van der Waals surface area contributed by atoms with E-state index in [2.05, 4.69) is 15.2 Å². The van der Waals surface area contributed by atoms with Crippen LogP contribution in [-0.2, 0) is 0 Å². The molecule has 0 bridgehead atoms. The summed E-state index contributed by atoms with van der Waals surface area (Å²) < 4.78 is 0. The first-order chi connectivity index (χ1) is 11.6. The molecule has 1 aliphatic heterocycles. The van der Waals surface area contributed by atoms with Gasteiger partial charge in [0.1, 0.15) is 5.69 Å². The topological polar surface area (TPSA) is 45.2 Å². The van der Waals surface area contributed by atoms with Crippen molar-refractivity contribution in [2.24, 2.45) is 0 Å². The van der Waals surface area contributed by atoms with Crippen molar-refractivity contribution in [3.8, 4) is 0 Å². The van der Waals surface area contributed by atoms with Crippen LogP contribution in [0.25, 0.3) is 0 Å². The minimum absolute atomic E-state index is 0.273. The van der Waals surface area contributed by atoms with Crippen molar-refractivity contribution < 1.29 is 4.79 Å². The number of halogens is 2. The lowest BCUT2D eigenvalue weighted by Gasteiger charge is -2.22. The summed E-state index contributed by atoms with van der Waals surface area (Å²) in [5.74, 6) is -0.273. The van der Waals surface area contributed by atoms with Crippen LogP contribution < -0.4 is 10.2 Å². The summed E-state index contributed by atoms with van der Waals surface area (Å²) in [6.07, 6.45) is 6.59. The second-order valence-corrected chi connectivity index (χ2v) is 6.79. The smallest absolute Gasteiger partial charge is 0.274 e. The van der Waals surface area contributed by atoms with Crippen LogP contribution >= 0.6 is 23.2 Å². The Balaban J connectivity index is 1.76. The van der Waals surface area contributed by atoms with Crippen LogP contribution in [0.5, 0.6) is 0 Å². The summed E-state index contributed by atoms with van der Waals surface area (Å²) in [5, 5.41) is 3.75. The molecule has 0 aliphatic carbocycles. The molecule has 4 nitrogen and oxygen atoms in total. The van der Waals surface area contributed by atoms with Gasteiger partial charge in [0.05, 0.1) is 0 Å². The third-order valence-corrected chi connectivity index (χ3v) is 4.50. The lowest BCUT2D eigenvalue weighted by molar-refractivity contribution is 0.102. The minimum Gasteiger partial charge on any atom is -0.371 e. The van der Waals surface area contributed by atoms with Crippen LogP contribution in [0.4, 0.5) is 11.4 Å². The van der Waals surface area contributed by atoms with E-state index in [1.54, 1.807) is 24.4 Å². The molecule has 0 radical (unpaired) electrons. The predicted molar refractivity (Wildman–Crippen MR) is 99.3 cm³/mol. The van der Waals surface area contributed by atoms with Gasteiger partial charge in [-0.05, 0) is 43.2 Å². The summed E-state index contributed by atoms with van der Waals surface area (Å²) >= 11 is 11.9. The van der Waals surface area contributed by atoms with Crippen molar-refractivity contribution in [2.75, 3.05) is 23.3 Å². The van der Waals surface area contributed by atoms with Crippen LogP contribution in [0.15, 0.2) is 36.5 Å². The highest BCUT2D eigenvalue weighted by molar-refractivity contribution is 6.35. The molecule has 1 amide bonds. The highest BCUT2D eigenvalue weighted by Gasteiger charge is 2.14. The molecule has 1 N–H and O–H groups in total. The molecule has 0 spiro atoms. The number of rotatable bonds is 3. The van der Waals surface area contributed by atoms with Crippen LogP contribution in [0.2, 0.25) is 10.0 Å². The Morgan fingerprint density at radius 2 is 1.67 bits per heavy atom. The molecule has 1 aromatic carbocycles. The molecule has 2 aromatic rings. The first-order valence-electron chi connectivity index (χ1n) is 8.10. The van der Waals surface area contributed by atoms with Crippen molar-refractivity contribution in [1.82, 2.24) is 4.98 Å². The van der Waals surface area contributed by atoms with Crippen LogP contribution in [-0.4, -0.2) is 24.0 Å². The molecule has 1 fully saturated rings. The molecule has 0 unspecified atom stereocenters. The van der Waals surface area contributed by atoms with Crippen molar-refractivity contribution in [2.45, 2.75) is 25.7 Å². The molecule has 0 atom stereocenters.